The summed E-state index contributed by atoms with van der Waals surface area (Å²) < 4.78 is 10.9. The maximum absolute atomic E-state index is 5.51. The van der Waals surface area contributed by atoms with Crippen LogP contribution in [0.15, 0.2) is 18.5 Å². The highest BCUT2D eigenvalue weighted by Crippen LogP contribution is 2.30. The van der Waals surface area contributed by atoms with Gasteiger partial charge in [-0.05, 0) is 44.4 Å². The van der Waals surface area contributed by atoms with Gasteiger partial charge in [0.15, 0.2) is 0 Å². The molecule has 2 rings (SSSR count). The fraction of sp³-hybridized carbons (Fsp3) is 0.643. The first-order valence-electron chi connectivity index (χ1n) is 6.68. The highest BCUT2D eigenvalue weighted by Gasteiger charge is 2.24. The molecular weight excluding hydrogens is 228 g/mol. The predicted octanol–water partition coefficient (Wildman–Crippen LogP) is 2.17. The summed E-state index contributed by atoms with van der Waals surface area (Å²) in [6.07, 6.45) is 5.90. The molecule has 0 radical (unpaired) electrons. The first-order valence-corrected chi connectivity index (χ1v) is 6.68. The molecule has 0 spiro atoms. The fourth-order valence-electron chi connectivity index (χ4n) is 2.57. The van der Waals surface area contributed by atoms with Crippen molar-refractivity contribution in [1.29, 1.82) is 0 Å². The zero-order chi connectivity index (χ0) is 12.8. The lowest BCUT2D eigenvalue weighted by Crippen LogP contribution is -2.30. The van der Waals surface area contributed by atoms with Gasteiger partial charge in [0.25, 0.3) is 0 Å². The minimum atomic E-state index is 0.335. The van der Waals surface area contributed by atoms with Crippen molar-refractivity contribution in [3.8, 4) is 5.75 Å². The van der Waals surface area contributed by atoms with Gasteiger partial charge >= 0.3 is 0 Å². The minimum absolute atomic E-state index is 0.335. The van der Waals surface area contributed by atoms with Gasteiger partial charge in [0, 0.05) is 25.5 Å². The Labute approximate surface area is 109 Å². The van der Waals surface area contributed by atoms with Crippen molar-refractivity contribution < 1.29 is 9.47 Å². The first kappa shape index (κ1) is 13.3. The average molecular weight is 250 g/mol. The van der Waals surface area contributed by atoms with E-state index in [1.807, 2.05) is 20.2 Å². The smallest absolute Gasteiger partial charge is 0.137 e. The summed E-state index contributed by atoms with van der Waals surface area (Å²) in [6, 6.07) is 2.43. The fourth-order valence-corrected chi connectivity index (χ4v) is 2.57. The molecule has 1 saturated heterocycles. The molecule has 0 saturated carbocycles. The van der Waals surface area contributed by atoms with Crippen LogP contribution < -0.4 is 10.1 Å². The van der Waals surface area contributed by atoms with Crippen molar-refractivity contribution in [2.45, 2.75) is 25.8 Å². The van der Waals surface area contributed by atoms with E-state index in [-0.39, 0.29) is 0 Å². The topological polar surface area (TPSA) is 43.4 Å². The number of nitrogens with one attached hydrogen (secondary N) is 1. The zero-order valence-corrected chi connectivity index (χ0v) is 11.2. The van der Waals surface area contributed by atoms with E-state index in [1.54, 1.807) is 6.20 Å². The standard InChI is InChI=1S/C14H22N2O2/c1-3-18-13-8-12(9-16-10-13)14(15-2)11-4-6-17-7-5-11/h8-11,14-15H,3-7H2,1-2H3. The van der Waals surface area contributed by atoms with E-state index in [2.05, 4.69) is 16.4 Å². The SMILES string of the molecule is CCOc1cncc(C(NC)C2CCOCC2)c1. The van der Waals surface area contributed by atoms with Crippen molar-refractivity contribution in [1.82, 2.24) is 10.3 Å². The third-order valence-electron chi connectivity index (χ3n) is 3.45. The Hall–Kier alpha value is -1.13. The molecule has 1 fully saturated rings. The third kappa shape index (κ3) is 3.21. The van der Waals surface area contributed by atoms with Crippen LogP contribution in [-0.2, 0) is 4.74 Å². The molecule has 0 amide bonds. The lowest BCUT2D eigenvalue weighted by atomic mass is 9.88. The normalized spacial score (nSPS) is 18.6. The molecule has 18 heavy (non-hydrogen) atoms. The molecule has 4 nitrogen and oxygen atoms in total. The molecule has 0 aliphatic carbocycles. The molecule has 1 aliphatic heterocycles. The molecule has 1 aromatic heterocycles. The van der Waals surface area contributed by atoms with E-state index in [1.165, 1.54) is 5.56 Å². The highest BCUT2D eigenvalue weighted by atomic mass is 16.5. The van der Waals surface area contributed by atoms with Gasteiger partial charge in [-0.1, -0.05) is 0 Å². The van der Waals surface area contributed by atoms with Crippen molar-refractivity contribution in [3.63, 3.8) is 0 Å². The van der Waals surface area contributed by atoms with Crippen molar-refractivity contribution in [2.24, 2.45) is 5.92 Å². The lowest BCUT2D eigenvalue weighted by molar-refractivity contribution is 0.0545. The Kier molecular flexibility index (Phi) is 4.96. The van der Waals surface area contributed by atoms with Gasteiger partial charge < -0.3 is 14.8 Å². The Bertz CT molecular complexity index is 365. The van der Waals surface area contributed by atoms with E-state index in [4.69, 9.17) is 9.47 Å². The van der Waals surface area contributed by atoms with Crippen LogP contribution in [0.5, 0.6) is 5.75 Å². The molecule has 1 N–H and O–H groups in total. The van der Waals surface area contributed by atoms with Gasteiger partial charge in [-0.15, -0.1) is 0 Å². The predicted molar refractivity (Wildman–Crippen MR) is 70.7 cm³/mol. The number of hydrogen-bond acceptors (Lipinski definition) is 4. The molecule has 1 aliphatic rings. The summed E-state index contributed by atoms with van der Waals surface area (Å²) in [4.78, 5) is 4.27. The van der Waals surface area contributed by atoms with Crippen LogP contribution in [-0.4, -0.2) is 31.9 Å². The summed E-state index contributed by atoms with van der Waals surface area (Å²) in [5, 5.41) is 3.41. The van der Waals surface area contributed by atoms with Crippen LogP contribution in [0.3, 0.4) is 0 Å². The summed E-state index contributed by atoms with van der Waals surface area (Å²) in [5.41, 5.74) is 1.20. The maximum atomic E-state index is 5.51. The molecule has 1 aromatic rings. The molecule has 1 unspecified atom stereocenters. The second kappa shape index (κ2) is 6.71. The average Bonchev–Trinajstić information content (AvgIpc) is 2.42. The van der Waals surface area contributed by atoms with Crippen LogP contribution in [0, 0.1) is 5.92 Å². The first-order chi connectivity index (χ1) is 8.85. The summed E-state index contributed by atoms with van der Waals surface area (Å²) in [6.45, 7) is 4.39. The minimum Gasteiger partial charge on any atom is -0.492 e. The van der Waals surface area contributed by atoms with Gasteiger partial charge in [0.2, 0.25) is 0 Å². The number of rotatable bonds is 5. The summed E-state index contributed by atoms with van der Waals surface area (Å²) in [7, 11) is 2.01. The Morgan fingerprint density at radius 2 is 2.22 bits per heavy atom. The molecule has 0 bridgehead atoms. The van der Waals surface area contributed by atoms with Crippen LogP contribution in [0.2, 0.25) is 0 Å². The molecule has 1 atom stereocenters. The Morgan fingerprint density at radius 1 is 1.44 bits per heavy atom. The monoisotopic (exact) mass is 250 g/mol. The van der Waals surface area contributed by atoms with Crippen LogP contribution in [0.1, 0.15) is 31.4 Å². The van der Waals surface area contributed by atoms with Crippen LogP contribution in [0.4, 0.5) is 0 Å². The van der Waals surface area contributed by atoms with Gasteiger partial charge in [-0.25, -0.2) is 0 Å². The molecule has 4 heteroatoms. The quantitative estimate of drug-likeness (QED) is 0.869. The van der Waals surface area contributed by atoms with Gasteiger partial charge in [0.1, 0.15) is 5.75 Å². The zero-order valence-electron chi connectivity index (χ0n) is 11.2. The molecule has 2 heterocycles. The van der Waals surface area contributed by atoms with Gasteiger partial charge in [-0.3, -0.25) is 4.98 Å². The number of ether oxygens (including phenoxy) is 2. The molecule has 100 valence electrons. The molecular formula is C14H22N2O2. The number of hydrogen-bond donors (Lipinski definition) is 1. The van der Waals surface area contributed by atoms with Crippen LogP contribution in [0.25, 0.3) is 0 Å². The third-order valence-corrected chi connectivity index (χ3v) is 3.45. The van der Waals surface area contributed by atoms with Crippen LogP contribution >= 0.6 is 0 Å². The number of nitrogens with zero attached hydrogens (tertiary/aromatic N) is 1. The van der Waals surface area contributed by atoms with Crippen molar-refractivity contribution in [2.75, 3.05) is 26.9 Å². The van der Waals surface area contributed by atoms with Crippen molar-refractivity contribution in [3.05, 3.63) is 24.0 Å². The van der Waals surface area contributed by atoms with E-state index in [9.17, 15) is 0 Å². The van der Waals surface area contributed by atoms with E-state index in [0.717, 1.165) is 31.8 Å². The maximum Gasteiger partial charge on any atom is 0.137 e. The second-order valence-corrected chi connectivity index (χ2v) is 4.60. The Morgan fingerprint density at radius 3 is 2.89 bits per heavy atom. The van der Waals surface area contributed by atoms with Gasteiger partial charge in [0.05, 0.1) is 12.8 Å². The van der Waals surface area contributed by atoms with E-state index in [0.29, 0.717) is 18.6 Å². The number of pyridine rings is 1. The summed E-state index contributed by atoms with van der Waals surface area (Å²) in [5.74, 6) is 1.46. The second-order valence-electron chi connectivity index (χ2n) is 4.60. The largest absolute Gasteiger partial charge is 0.492 e. The number of aromatic nitrogens is 1. The van der Waals surface area contributed by atoms with Gasteiger partial charge in [-0.2, -0.15) is 0 Å². The Balaban J connectivity index is 2.12. The van der Waals surface area contributed by atoms with E-state index < -0.39 is 0 Å². The molecule has 0 aromatic carbocycles. The summed E-state index contributed by atoms with van der Waals surface area (Å²) >= 11 is 0. The lowest BCUT2D eigenvalue weighted by Gasteiger charge is -2.30. The van der Waals surface area contributed by atoms with E-state index >= 15 is 0 Å². The highest BCUT2D eigenvalue weighted by molar-refractivity contribution is 5.26. The van der Waals surface area contributed by atoms with Crippen molar-refractivity contribution >= 4 is 0 Å².